The minimum Gasteiger partial charge on any atom is -0.404 e. The Labute approximate surface area is 96.9 Å². The SMILES string of the molecule is C=C/C=C1\C(=C/N)C2C(CCN2C)CC1O. The lowest BCUT2D eigenvalue weighted by atomic mass is 9.76. The highest BCUT2D eigenvalue weighted by Gasteiger charge is 2.41. The van der Waals surface area contributed by atoms with Crippen molar-refractivity contribution >= 4 is 0 Å². The average molecular weight is 220 g/mol. The minimum absolute atomic E-state index is 0.375. The number of nitrogens with zero attached hydrogens (tertiary/aromatic N) is 1. The van der Waals surface area contributed by atoms with Gasteiger partial charge in [-0.25, -0.2) is 0 Å². The number of fused-ring (bicyclic) bond motifs is 1. The number of rotatable bonds is 1. The van der Waals surface area contributed by atoms with Gasteiger partial charge in [-0.3, -0.25) is 4.90 Å². The van der Waals surface area contributed by atoms with Crippen LogP contribution >= 0.6 is 0 Å². The fraction of sp³-hybridized carbons (Fsp3) is 0.538. The fourth-order valence-electron chi connectivity index (χ4n) is 3.07. The van der Waals surface area contributed by atoms with Gasteiger partial charge in [-0.15, -0.1) is 0 Å². The van der Waals surface area contributed by atoms with E-state index in [-0.39, 0.29) is 6.10 Å². The van der Waals surface area contributed by atoms with E-state index in [2.05, 4.69) is 18.5 Å². The topological polar surface area (TPSA) is 49.5 Å². The number of allylic oxidation sites excluding steroid dienone is 2. The summed E-state index contributed by atoms with van der Waals surface area (Å²) in [6, 6.07) is 0.375. The summed E-state index contributed by atoms with van der Waals surface area (Å²) in [5, 5.41) is 10.1. The standard InChI is InChI=1S/C13H20N2O/c1-3-4-10-11(8-14)13-9(7-12(10)16)5-6-15(13)2/h3-4,8-9,12-13,16H,1,5-7,14H2,2H3/b10-4+,11-8+. The monoisotopic (exact) mass is 220 g/mol. The van der Waals surface area contributed by atoms with Crippen molar-refractivity contribution in [2.45, 2.75) is 25.0 Å². The lowest BCUT2D eigenvalue weighted by Crippen LogP contribution is -2.40. The molecule has 3 N–H and O–H groups in total. The first kappa shape index (κ1) is 11.4. The van der Waals surface area contributed by atoms with Crippen molar-refractivity contribution < 1.29 is 5.11 Å². The van der Waals surface area contributed by atoms with E-state index in [1.165, 1.54) is 0 Å². The highest BCUT2D eigenvalue weighted by molar-refractivity contribution is 5.43. The normalized spacial score (nSPS) is 40.2. The van der Waals surface area contributed by atoms with Gasteiger partial charge in [0.2, 0.25) is 0 Å². The third-order valence-corrected chi connectivity index (χ3v) is 3.79. The second kappa shape index (κ2) is 4.44. The molecule has 2 rings (SSSR count). The molecule has 0 spiro atoms. The molecular weight excluding hydrogens is 200 g/mol. The van der Waals surface area contributed by atoms with Crippen LogP contribution in [0.3, 0.4) is 0 Å². The second-order valence-corrected chi connectivity index (χ2v) is 4.71. The Morgan fingerprint density at radius 1 is 1.50 bits per heavy atom. The number of nitrogens with two attached hydrogens (primary N) is 1. The summed E-state index contributed by atoms with van der Waals surface area (Å²) in [4.78, 5) is 2.33. The van der Waals surface area contributed by atoms with E-state index in [1.807, 2.05) is 6.08 Å². The Hall–Kier alpha value is -1.06. The zero-order valence-electron chi connectivity index (χ0n) is 9.76. The summed E-state index contributed by atoms with van der Waals surface area (Å²) >= 11 is 0. The molecule has 0 bridgehead atoms. The number of likely N-dealkylation sites (N-methyl/N-ethyl adjacent to an activating group) is 1. The quantitative estimate of drug-likeness (QED) is 0.694. The van der Waals surface area contributed by atoms with E-state index in [9.17, 15) is 5.11 Å². The third kappa shape index (κ3) is 1.70. The van der Waals surface area contributed by atoms with Crippen molar-refractivity contribution in [3.63, 3.8) is 0 Å². The van der Waals surface area contributed by atoms with Gasteiger partial charge >= 0.3 is 0 Å². The summed E-state index contributed by atoms with van der Waals surface area (Å²) in [7, 11) is 2.12. The maximum absolute atomic E-state index is 10.1. The van der Waals surface area contributed by atoms with E-state index in [4.69, 9.17) is 5.73 Å². The van der Waals surface area contributed by atoms with Gasteiger partial charge in [-0.1, -0.05) is 18.7 Å². The molecule has 3 heteroatoms. The van der Waals surface area contributed by atoms with Crippen molar-refractivity contribution in [1.29, 1.82) is 0 Å². The van der Waals surface area contributed by atoms with Crippen LogP contribution in [0.2, 0.25) is 0 Å². The Morgan fingerprint density at radius 2 is 2.25 bits per heavy atom. The molecule has 2 aliphatic rings. The highest BCUT2D eigenvalue weighted by atomic mass is 16.3. The molecule has 1 aliphatic carbocycles. The van der Waals surface area contributed by atoms with Crippen LogP contribution in [0.4, 0.5) is 0 Å². The minimum atomic E-state index is -0.388. The average Bonchev–Trinajstić information content (AvgIpc) is 2.62. The van der Waals surface area contributed by atoms with Gasteiger partial charge in [0.15, 0.2) is 0 Å². The summed E-state index contributed by atoms with van der Waals surface area (Å²) in [5.41, 5.74) is 7.74. The second-order valence-electron chi connectivity index (χ2n) is 4.71. The molecule has 0 radical (unpaired) electrons. The van der Waals surface area contributed by atoms with Crippen molar-refractivity contribution in [3.05, 3.63) is 36.1 Å². The molecule has 3 atom stereocenters. The molecule has 1 aliphatic heterocycles. The number of hydrogen-bond donors (Lipinski definition) is 2. The molecule has 1 saturated heterocycles. The maximum Gasteiger partial charge on any atom is 0.0797 e. The first-order valence-corrected chi connectivity index (χ1v) is 5.82. The third-order valence-electron chi connectivity index (χ3n) is 3.79. The summed E-state index contributed by atoms with van der Waals surface area (Å²) in [5.74, 6) is 0.539. The first-order chi connectivity index (χ1) is 7.69. The molecule has 0 aromatic heterocycles. The van der Waals surface area contributed by atoms with Gasteiger partial charge in [-0.2, -0.15) is 0 Å². The number of likely N-dealkylation sites (tertiary alicyclic amines) is 1. The molecule has 3 nitrogen and oxygen atoms in total. The molecule has 0 amide bonds. The largest absolute Gasteiger partial charge is 0.404 e. The van der Waals surface area contributed by atoms with Crippen LogP contribution in [0.1, 0.15) is 12.8 Å². The molecule has 2 fully saturated rings. The zero-order valence-corrected chi connectivity index (χ0v) is 9.76. The molecule has 1 heterocycles. The van der Waals surface area contributed by atoms with Crippen LogP contribution in [0, 0.1) is 5.92 Å². The van der Waals surface area contributed by atoms with E-state index in [0.29, 0.717) is 12.0 Å². The fourth-order valence-corrected chi connectivity index (χ4v) is 3.07. The number of hydrogen-bond acceptors (Lipinski definition) is 3. The van der Waals surface area contributed by atoms with Gasteiger partial charge < -0.3 is 10.8 Å². The van der Waals surface area contributed by atoms with Gasteiger partial charge in [0.25, 0.3) is 0 Å². The van der Waals surface area contributed by atoms with E-state index in [1.54, 1.807) is 12.3 Å². The Kier molecular flexibility index (Phi) is 3.17. The Bertz CT molecular complexity index is 346. The predicted molar refractivity (Wildman–Crippen MR) is 65.7 cm³/mol. The molecular formula is C13H20N2O. The predicted octanol–water partition coefficient (Wildman–Crippen LogP) is 1.03. The van der Waals surface area contributed by atoms with Crippen LogP contribution in [-0.2, 0) is 0 Å². The molecule has 0 aromatic carbocycles. The van der Waals surface area contributed by atoms with Crippen LogP contribution in [0.5, 0.6) is 0 Å². The van der Waals surface area contributed by atoms with Gasteiger partial charge in [0.1, 0.15) is 0 Å². The molecule has 16 heavy (non-hydrogen) atoms. The summed E-state index contributed by atoms with van der Waals surface area (Å²) in [6.07, 6.45) is 6.85. The molecule has 0 aromatic rings. The highest BCUT2D eigenvalue weighted by Crippen LogP contribution is 2.41. The smallest absolute Gasteiger partial charge is 0.0797 e. The molecule has 1 saturated carbocycles. The van der Waals surface area contributed by atoms with E-state index >= 15 is 0 Å². The van der Waals surface area contributed by atoms with Gasteiger partial charge in [-0.05, 0) is 49.7 Å². The lowest BCUT2D eigenvalue weighted by Gasteiger charge is -2.36. The van der Waals surface area contributed by atoms with Gasteiger partial charge in [0.05, 0.1) is 6.10 Å². The van der Waals surface area contributed by atoms with Crippen molar-refractivity contribution in [3.8, 4) is 0 Å². The van der Waals surface area contributed by atoms with E-state index in [0.717, 1.165) is 30.5 Å². The van der Waals surface area contributed by atoms with E-state index < -0.39 is 0 Å². The Balaban J connectivity index is 2.37. The summed E-state index contributed by atoms with van der Waals surface area (Å²) < 4.78 is 0. The Morgan fingerprint density at radius 3 is 2.88 bits per heavy atom. The molecule has 3 unspecified atom stereocenters. The van der Waals surface area contributed by atoms with Crippen molar-refractivity contribution in [2.24, 2.45) is 11.7 Å². The maximum atomic E-state index is 10.1. The van der Waals surface area contributed by atoms with Crippen LogP contribution in [0.25, 0.3) is 0 Å². The van der Waals surface area contributed by atoms with Crippen LogP contribution in [0.15, 0.2) is 36.1 Å². The first-order valence-electron chi connectivity index (χ1n) is 5.82. The van der Waals surface area contributed by atoms with Crippen LogP contribution < -0.4 is 5.73 Å². The summed E-state index contributed by atoms with van der Waals surface area (Å²) in [6.45, 7) is 4.78. The molecule has 88 valence electrons. The lowest BCUT2D eigenvalue weighted by molar-refractivity contribution is 0.145. The van der Waals surface area contributed by atoms with Crippen LogP contribution in [-0.4, -0.2) is 35.7 Å². The zero-order chi connectivity index (χ0) is 11.7. The van der Waals surface area contributed by atoms with Crippen molar-refractivity contribution in [2.75, 3.05) is 13.6 Å². The number of aliphatic hydroxyl groups is 1. The number of aliphatic hydroxyl groups excluding tert-OH is 1. The van der Waals surface area contributed by atoms with Crippen molar-refractivity contribution in [1.82, 2.24) is 4.90 Å². The van der Waals surface area contributed by atoms with Gasteiger partial charge in [0, 0.05) is 6.04 Å².